The van der Waals surface area contributed by atoms with Crippen LogP contribution in [0, 0.1) is 0 Å². The summed E-state index contributed by atoms with van der Waals surface area (Å²) in [6, 6.07) is 12.3. The smallest absolute Gasteiger partial charge is 0.340 e. The van der Waals surface area contributed by atoms with Crippen LogP contribution >= 0.6 is 11.6 Å². The average Bonchev–Trinajstić information content (AvgIpc) is 2.61. The normalized spacial score (nSPS) is 12.3. The maximum Gasteiger partial charge on any atom is 0.340 e. The third-order valence-electron chi connectivity index (χ3n) is 3.57. The molecule has 2 aromatic rings. The molecule has 26 heavy (non-hydrogen) atoms. The topological polar surface area (TPSA) is 89.5 Å². The summed E-state index contributed by atoms with van der Waals surface area (Å²) in [5.74, 6) is -1.59. The van der Waals surface area contributed by atoms with Gasteiger partial charge in [0.2, 0.25) is 0 Å². The van der Waals surface area contributed by atoms with Crippen molar-refractivity contribution < 1.29 is 22.7 Å². The molecule has 1 atom stereocenters. The number of esters is 1. The molecule has 0 bridgehead atoms. The van der Waals surface area contributed by atoms with Crippen molar-refractivity contribution in [2.45, 2.75) is 24.8 Å². The number of nitrogens with one attached hydrogen (secondary N) is 1. The number of hydrogen-bond acceptors (Lipinski definition) is 5. The highest BCUT2D eigenvalue weighted by atomic mass is 35.5. The lowest BCUT2D eigenvalue weighted by Crippen LogP contribution is -2.30. The second-order valence-corrected chi connectivity index (χ2v) is 8.13. The van der Waals surface area contributed by atoms with Gasteiger partial charge in [0.1, 0.15) is 0 Å². The van der Waals surface area contributed by atoms with E-state index in [1.165, 1.54) is 38.1 Å². The third-order valence-corrected chi connectivity index (χ3v) is 5.59. The Kier molecular flexibility index (Phi) is 6.39. The van der Waals surface area contributed by atoms with Crippen LogP contribution in [0.15, 0.2) is 53.4 Å². The molecule has 0 aromatic heterocycles. The summed E-state index contributed by atoms with van der Waals surface area (Å²) in [7, 11) is -3.60. The van der Waals surface area contributed by atoms with Gasteiger partial charge in [-0.25, -0.2) is 13.2 Å². The lowest BCUT2D eigenvalue weighted by Gasteiger charge is -2.15. The number of carbonyl (C=O) groups is 2. The maximum absolute atomic E-state index is 12.4. The lowest BCUT2D eigenvalue weighted by molar-refractivity contribution is -0.123. The van der Waals surface area contributed by atoms with Gasteiger partial charge in [-0.3, -0.25) is 4.79 Å². The number of carbonyl (C=O) groups excluding carboxylic acids is 2. The zero-order valence-corrected chi connectivity index (χ0v) is 15.8. The van der Waals surface area contributed by atoms with Crippen molar-refractivity contribution in [2.75, 3.05) is 11.1 Å². The predicted molar refractivity (Wildman–Crippen MR) is 99.1 cm³/mol. The Labute approximate surface area is 157 Å². The molecule has 0 saturated carbocycles. The van der Waals surface area contributed by atoms with Crippen LogP contribution < -0.4 is 5.32 Å². The number of rotatable bonds is 6. The van der Waals surface area contributed by atoms with Crippen LogP contribution in [0.5, 0.6) is 0 Å². The molecule has 6 nitrogen and oxygen atoms in total. The first kappa shape index (κ1) is 19.9. The molecule has 2 aromatic carbocycles. The number of ether oxygens (including phenoxy) is 1. The molecule has 138 valence electrons. The molecular weight excluding hydrogens is 378 g/mol. The highest BCUT2D eigenvalue weighted by molar-refractivity contribution is 7.91. The minimum absolute atomic E-state index is 0.100. The predicted octanol–water partition coefficient (Wildman–Crippen LogP) is 3.32. The van der Waals surface area contributed by atoms with Crippen LogP contribution in [0.2, 0.25) is 5.02 Å². The fourth-order valence-electron chi connectivity index (χ4n) is 2.15. The second-order valence-electron chi connectivity index (χ2n) is 5.45. The van der Waals surface area contributed by atoms with Crippen LogP contribution in [0.4, 0.5) is 5.69 Å². The maximum atomic E-state index is 12.4. The summed E-state index contributed by atoms with van der Waals surface area (Å²) in [5.41, 5.74) is 0.358. The molecule has 0 aliphatic heterocycles. The molecular formula is C18H18ClNO5S. The minimum atomic E-state index is -3.60. The fourth-order valence-corrected chi connectivity index (χ4v) is 3.42. The van der Waals surface area contributed by atoms with E-state index in [4.69, 9.17) is 16.3 Å². The van der Waals surface area contributed by atoms with E-state index in [0.29, 0.717) is 10.7 Å². The molecule has 0 aliphatic rings. The van der Waals surface area contributed by atoms with Crippen LogP contribution in [0.25, 0.3) is 0 Å². The van der Waals surface area contributed by atoms with Gasteiger partial charge in [0.25, 0.3) is 5.91 Å². The first-order chi connectivity index (χ1) is 12.2. The van der Waals surface area contributed by atoms with Gasteiger partial charge in [0.05, 0.1) is 16.2 Å². The molecule has 0 fully saturated rings. The van der Waals surface area contributed by atoms with Gasteiger partial charge in [-0.15, -0.1) is 0 Å². The molecule has 0 spiro atoms. The molecule has 2 rings (SSSR count). The molecule has 1 N–H and O–H groups in total. The standard InChI is InChI=1S/C18H18ClNO5S/c1-3-26(23,24)16-10-5-4-9-15(16)18(22)25-12(2)17(21)20-14-8-6-7-13(19)11-14/h4-12H,3H2,1-2H3,(H,20,21)/t12-/m1/s1. The van der Waals surface area contributed by atoms with Gasteiger partial charge in [-0.1, -0.05) is 36.7 Å². The molecule has 1 amide bonds. The zero-order valence-electron chi connectivity index (χ0n) is 14.2. The van der Waals surface area contributed by atoms with Gasteiger partial charge in [-0.05, 0) is 37.3 Å². The van der Waals surface area contributed by atoms with Crippen molar-refractivity contribution in [2.24, 2.45) is 0 Å². The zero-order chi connectivity index (χ0) is 19.3. The Morgan fingerprint density at radius 2 is 1.85 bits per heavy atom. The summed E-state index contributed by atoms with van der Waals surface area (Å²) in [4.78, 5) is 24.4. The molecule has 0 radical (unpaired) electrons. The molecule has 0 aliphatic carbocycles. The van der Waals surface area contributed by atoms with E-state index in [2.05, 4.69) is 5.32 Å². The Balaban J connectivity index is 2.14. The quantitative estimate of drug-likeness (QED) is 0.758. The summed E-state index contributed by atoms with van der Waals surface area (Å²) < 4.78 is 29.4. The van der Waals surface area contributed by atoms with Crippen molar-refractivity contribution in [3.8, 4) is 0 Å². The monoisotopic (exact) mass is 395 g/mol. The van der Waals surface area contributed by atoms with Crippen LogP contribution in [0.3, 0.4) is 0 Å². The summed E-state index contributed by atoms with van der Waals surface area (Å²) >= 11 is 5.85. The second kappa shape index (κ2) is 8.33. The van der Waals surface area contributed by atoms with Crippen LogP contribution in [-0.2, 0) is 19.4 Å². The number of amides is 1. The summed E-state index contributed by atoms with van der Waals surface area (Å²) in [5, 5.41) is 3.03. The Bertz CT molecular complexity index is 927. The van der Waals surface area contributed by atoms with E-state index in [1.807, 2.05) is 0 Å². The number of anilines is 1. The molecule has 0 heterocycles. The van der Waals surface area contributed by atoms with Crippen LogP contribution in [0.1, 0.15) is 24.2 Å². The van der Waals surface area contributed by atoms with Gasteiger partial charge in [0.15, 0.2) is 15.9 Å². The third kappa shape index (κ3) is 4.83. The molecule has 8 heteroatoms. The van der Waals surface area contributed by atoms with Crippen LogP contribution in [-0.4, -0.2) is 32.2 Å². The van der Waals surface area contributed by atoms with Gasteiger partial charge >= 0.3 is 5.97 Å². The lowest BCUT2D eigenvalue weighted by atomic mass is 10.2. The summed E-state index contributed by atoms with van der Waals surface area (Å²) in [6.07, 6.45) is -1.13. The van der Waals surface area contributed by atoms with Crippen molar-refractivity contribution in [1.82, 2.24) is 0 Å². The van der Waals surface area contributed by atoms with E-state index in [1.54, 1.807) is 24.3 Å². The largest absolute Gasteiger partial charge is 0.449 e. The number of sulfone groups is 1. The Morgan fingerprint density at radius 3 is 2.50 bits per heavy atom. The van der Waals surface area contributed by atoms with E-state index in [9.17, 15) is 18.0 Å². The van der Waals surface area contributed by atoms with Crippen molar-refractivity contribution >= 4 is 39.0 Å². The van der Waals surface area contributed by atoms with Crippen molar-refractivity contribution in [3.63, 3.8) is 0 Å². The van der Waals surface area contributed by atoms with Crippen molar-refractivity contribution in [1.29, 1.82) is 0 Å². The first-order valence-corrected chi connectivity index (χ1v) is 9.87. The number of benzene rings is 2. The Hall–Kier alpha value is -2.38. The van der Waals surface area contributed by atoms with Gasteiger partial charge < -0.3 is 10.1 Å². The average molecular weight is 396 g/mol. The number of halogens is 1. The molecule has 0 saturated heterocycles. The van der Waals surface area contributed by atoms with E-state index >= 15 is 0 Å². The summed E-state index contributed by atoms with van der Waals surface area (Å²) in [6.45, 7) is 2.88. The Morgan fingerprint density at radius 1 is 1.15 bits per heavy atom. The first-order valence-electron chi connectivity index (χ1n) is 7.84. The highest BCUT2D eigenvalue weighted by Gasteiger charge is 2.25. The number of hydrogen-bond donors (Lipinski definition) is 1. The fraction of sp³-hybridized carbons (Fsp3) is 0.222. The SMILES string of the molecule is CCS(=O)(=O)c1ccccc1C(=O)O[C@H](C)C(=O)Nc1cccc(Cl)c1. The molecule has 0 unspecified atom stereocenters. The highest BCUT2D eigenvalue weighted by Crippen LogP contribution is 2.19. The minimum Gasteiger partial charge on any atom is -0.449 e. The van der Waals surface area contributed by atoms with Gasteiger partial charge in [0, 0.05) is 10.7 Å². The van der Waals surface area contributed by atoms with Crippen molar-refractivity contribution in [3.05, 3.63) is 59.1 Å². The van der Waals surface area contributed by atoms with Gasteiger partial charge in [-0.2, -0.15) is 0 Å². The van der Waals surface area contributed by atoms with E-state index < -0.39 is 27.8 Å². The van der Waals surface area contributed by atoms with E-state index in [0.717, 1.165) is 0 Å². The van der Waals surface area contributed by atoms with E-state index in [-0.39, 0.29) is 16.2 Å².